The maximum Gasteiger partial charge on any atom is 0.227 e. The van der Waals surface area contributed by atoms with Gasteiger partial charge in [-0.2, -0.15) is 0 Å². The summed E-state index contributed by atoms with van der Waals surface area (Å²) < 4.78 is 13.9. The van der Waals surface area contributed by atoms with Crippen LogP contribution in [-0.4, -0.2) is 17.9 Å². The average molecular weight is 321 g/mol. The van der Waals surface area contributed by atoms with E-state index in [1.807, 2.05) is 0 Å². The van der Waals surface area contributed by atoms with Gasteiger partial charge in [0.2, 0.25) is 11.8 Å². The minimum Gasteiger partial charge on any atom is -0.327 e. The first-order valence-corrected chi connectivity index (χ1v) is 8.11. The Bertz CT molecular complexity index is 569. The summed E-state index contributed by atoms with van der Waals surface area (Å²) in [6.07, 6.45) is 5.10. The highest BCUT2D eigenvalue weighted by molar-refractivity contribution is 5.95. The van der Waals surface area contributed by atoms with Crippen LogP contribution in [0.5, 0.6) is 0 Å². The number of anilines is 2. The van der Waals surface area contributed by atoms with E-state index in [-0.39, 0.29) is 35.9 Å². The molecule has 1 aliphatic rings. The van der Waals surface area contributed by atoms with Crippen molar-refractivity contribution in [3.05, 3.63) is 24.0 Å². The lowest BCUT2D eigenvalue weighted by Crippen LogP contribution is -2.25. The lowest BCUT2D eigenvalue weighted by atomic mass is 9.88. The molecule has 2 amide bonds. The van der Waals surface area contributed by atoms with Gasteiger partial charge in [-0.3, -0.25) is 9.59 Å². The molecule has 1 aliphatic carbocycles. The molecule has 1 aromatic rings. The monoisotopic (exact) mass is 321 g/mol. The Balaban J connectivity index is 2.02. The Morgan fingerprint density at radius 3 is 2.61 bits per heavy atom. The first-order chi connectivity index (χ1) is 11.0. The van der Waals surface area contributed by atoms with Gasteiger partial charge < -0.3 is 16.4 Å². The number of halogens is 1. The van der Waals surface area contributed by atoms with Gasteiger partial charge in [0.1, 0.15) is 5.82 Å². The number of benzene rings is 1. The predicted octanol–water partition coefficient (Wildman–Crippen LogP) is 3.02. The molecule has 23 heavy (non-hydrogen) atoms. The third-order valence-corrected chi connectivity index (χ3v) is 3.99. The summed E-state index contributed by atoms with van der Waals surface area (Å²) in [5, 5.41) is 5.30. The van der Waals surface area contributed by atoms with Crippen LogP contribution in [-0.2, 0) is 9.59 Å². The molecule has 2 rings (SSSR count). The van der Waals surface area contributed by atoms with Crippen molar-refractivity contribution < 1.29 is 14.0 Å². The van der Waals surface area contributed by atoms with Crippen LogP contribution in [0.2, 0.25) is 0 Å². The van der Waals surface area contributed by atoms with Gasteiger partial charge in [0.15, 0.2) is 0 Å². The molecule has 0 saturated heterocycles. The molecule has 1 atom stereocenters. The van der Waals surface area contributed by atoms with Gasteiger partial charge in [-0.15, -0.1) is 0 Å². The SMILES string of the molecule is CC(N)CC(=O)Nc1ccc(F)c(NC(=O)C2CCCCC2)c1. The van der Waals surface area contributed by atoms with Gasteiger partial charge in [-0.05, 0) is 38.0 Å². The highest BCUT2D eigenvalue weighted by Gasteiger charge is 2.22. The number of rotatable bonds is 5. The number of carbonyl (C=O) groups is 2. The maximum atomic E-state index is 13.9. The van der Waals surface area contributed by atoms with Crippen molar-refractivity contribution in [1.82, 2.24) is 0 Å². The van der Waals surface area contributed by atoms with Crippen LogP contribution in [0.4, 0.5) is 15.8 Å². The van der Waals surface area contributed by atoms with E-state index in [1.54, 1.807) is 6.92 Å². The number of carbonyl (C=O) groups excluding carboxylic acids is 2. The topological polar surface area (TPSA) is 84.2 Å². The van der Waals surface area contributed by atoms with E-state index in [9.17, 15) is 14.0 Å². The summed E-state index contributed by atoms with van der Waals surface area (Å²) in [6, 6.07) is 3.89. The Morgan fingerprint density at radius 2 is 1.96 bits per heavy atom. The van der Waals surface area contributed by atoms with Gasteiger partial charge >= 0.3 is 0 Å². The number of amides is 2. The molecule has 0 radical (unpaired) electrons. The van der Waals surface area contributed by atoms with E-state index >= 15 is 0 Å². The van der Waals surface area contributed by atoms with E-state index in [1.165, 1.54) is 18.2 Å². The minimum atomic E-state index is -0.514. The smallest absolute Gasteiger partial charge is 0.227 e. The Morgan fingerprint density at radius 1 is 1.26 bits per heavy atom. The molecule has 0 heterocycles. The average Bonchev–Trinajstić information content (AvgIpc) is 2.50. The summed E-state index contributed by atoms with van der Waals surface area (Å²) in [5.74, 6) is -0.960. The fourth-order valence-electron chi connectivity index (χ4n) is 2.80. The lowest BCUT2D eigenvalue weighted by Gasteiger charge is -2.21. The van der Waals surface area contributed by atoms with Crippen molar-refractivity contribution in [1.29, 1.82) is 0 Å². The van der Waals surface area contributed by atoms with Crippen LogP contribution in [0, 0.1) is 11.7 Å². The summed E-state index contributed by atoms with van der Waals surface area (Å²) in [4.78, 5) is 23.9. The van der Waals surface area contributed by atoms with Crippen LogP contribution in [0.15, 0.2) is 18.2 Å². The number of nitrogens with one attached hydrogen (secondary N) is 2. The van der Waals surface area contributed by atoms with Crippen LogP contribution in [0.1, 0.15) is 45.4 Å². The van der Waals surface area contributed by atoms with Gasteiger partial charge in [-0.1, -0.05) is 19.3 Å². The molecular weight excluding hydrogens is 297 g/mol. The molecule has 1 aromatic carbocycles. The van der Waals surface area contributed by atoms with Crippen LogP contribution in [0.25, 0.3) is 0 Å². The van der Waals surface area contributed by atoms with E-state index in [2.05, 4.69) is 10.6 Å². The third-order valence-electron chi connectivity index (χ3n) is 3.99. The van der Waals surface area contributed by atoms with E-state index < -0.39 is 5.82 Å². The second kappa shape index (κ2) is 8.06. The van der Waals surface area contributed by atoms with E-state index in [0.717, 1.165) is 32.1 Å². The van der Waals surface area contributed by atoms with Gasteiger partial charge in [0, 0.05) is 24.1 Å². The zero-order valence-corrected chi connectivity index (χ0v) is 13.4. The fraction of sp³-hybridized carbons (Fsp3) is 0.529. The zero-order valence-electron chi connectivity index (χ0n) is 13.4. The molecule has 0 bridgehead atoms. The molecular formula is C17H24FN3O2. The third kappa shape index (κ3) is 5.32. The van der Waals surface area contributed by atoms with Crippen molar-refractivity contribution in [2.75, 3.05) is 10.6 Å². The standard InChI is InChI=1S/C17H24FN3O2/c1-11(19)9-16(22)20-13-7-8-14(18)15(10-13)21-17(23)12-5-3-2-4-6-12/h7-8,10-12H,2-6,9,19H2,1H3,(H,20,22)(H,21,23). The molecule has 4 N–H and O–H groups in total. The van der Waals surface area contributed by atoms with Crippen LogP contribution in [0.3, 0.4) is 0 Å². The van der Waals surface area contributed by atoms with Gasteiger partial charge in [0.05, 0.1) is 5.69 Å². The maximum absolute atomic E-state index is 13.9. The van der Waals surface area contributed by atoms with Crippen molar-refractivity contribution >= 4 is 23.2 Å². The summed E-state index contributed by atoms with van der Waals surface area (Å²) in [7, 11) is 0. The first kappa shape index (κ1) is 17.4. The molecule has 0 aromatic heterocycles. The summed E-state index contributed by atoms with van der Waals surface area (Å²) in [5.41, 5.74) is 6.11. The van der Waals surface area contributed by atoms with E-state index in [0.29, 0.717) is 5.69 Å². The Labute approximate surface area is 135 Å². The van der Waals surface area contributed by atoms with Crippen molar-refractivity contribution in [3.8, 4) is 0 Å². The highest BCUT2D eigenvalue weighted by Crippen LogP contribution is 2.26. The predicted molar refractivity (Wildman–Crippen MR) is 88.5 cm³/mol. The molecule has 1 fully saturated rings. The minimum absolute atomic E-state index is 0.0560. The fourth-order valence-corrected chi connectivity index (χ4v) is 2.80. The lowest BCUT2D eigenvalue weighted by molar-refractivity contribution is -0.120. The highest BCUT2D eigenvalue weighted by atomic mass is 19.1. The Kier molecular flexibility index (Phi) is 6.10. The Hall–Kier alpha value is -1.95. The number of nitrogens with two attached hydrogens (primary N) is 1. The zero-order chi connectivity index (χ0) is 16.8. The van der Waals surface area contributed by atoms with Crippen molar-refractivity contribution in [2.24, 2.45) is 11.7 Å². The first-order valence-electron chi connectivity index (χ1n) is 8.11. The molecule has 1 saturated carbocycles. The molecule has 126 valence electrons. The molecule has 5 nitrogen and oxygen atoms in total. The van der Waals surface area contributed by atoms with E-state index in [4.69, 9.17) is 5.73 Å². The quantitative estimate of drug-likeness (QED) is 0.779. The normalized spacial score (nSPS) is 16.7. The number of hydrogen-bond acceptors (Lipinski definition) is 3. The van der Waals surface area contributed by atoms with Crippen LogP contribution < -0.4 is 16.4 Å². The molecule has 6 heteroatoms. The molecule has 1 unspecified atom stereocenters. The second-order valence-electron chi connectivity index (χ2n) is 6.25. The van der Waals surface area contributed by atoms with Crippen molar-refractivity contribution in [3.63, 3.8) is 0 Å². The molecule has 0 aliphatic heterocycles. The second-order valence-corrected chi connectivity index (χ2v) is 6.25. The van der Waals surface area contributed by atoms with Crippen molar-refractivity contribution in [2.45, 2.75) is 51.5 Å². The molecule has 0 spiro atoms. The number of hydrogen-bond donors (Lipinski definition) is 3. The summed E-state index contributed by atoms with van der Waals surface area (Å²) in [6.45, 7) is 1.74. The van der Waals surface area contributed by atoms with Gasteiger partial charge in [0.25, 0.3) is 0 Å². The van der Waals surface area contributed by atoms with Gasteiger partial charge in [-0.25, -0.2) is 4.39 Å². The largest absolute Gasteiger partial charge is 0.327 e. The van der Waals surface area contributed by atoms with Crippen LogP contribution >= 0.6 is 0 Å². The summed E-state index contributed by atoms with van der Waals surface area (Å²) >= 11 is 0.